The molecule has 0 unspecified atom stereocenters. The number of guanidine groups is 1. The van der Waals surface area contributed by atoms with Crippen LogP contribution in [0.4, 0.5) is 13.2 Å². The van der Waals surface area contributed by atoms with Gasteiger partial charge < -0.3 is 25.3 Å². The van der Waals surface area contributed by atoms with Gasteiger partial charge in [0.05, 0.1) is 20.8 Å². The van der Waals surface area contributed by atoms with E-state index in [9.17, 15) is 13.2 Å². The number of benzene rings is 2. The van der Waals surface area contributed by atoms with Gasteiger partial charge in [-0.3, -0.25) is 0 Å². The van der Waals surface area contributed by atoms with E-state index < -0.39 is 12.8 Å². The Morgan fingerprint density at radius 1 is 1.00 bits per heavy atom. The highest BCUT2D eigenvalue weighted by Crippen LogP contribution is 2.27. The first-order chi connectivity index (χ1) is 13.8. The van der Waals surface area contributed by atoms with Crippen molar-refractivity contribution >= 4 is 5.96 Å². The van der Waals surface area contributed by atoms with E-state index in [1.165, 1.54) is 12.1 Å². The number of methoxy groups -OCH3 is 2. The van der Waals surface area contributed by atoms with Gasteiger partial charge in [0.1, 0.15) is 5.75 Å². The molecule has 2 aromatic rings. The van der Waals surface area contributed by atoms with Crippen LogP contribution in [0.1, 0.15) is 11.1 Å². The molecule has 3 N–H and O–H groups in total. The standard InChI is InChI=1S/C20H24F3N3O3/c1-27-17-8-5-14(11-18(17)28-2)9-10-25-19(24)26-12-15-3-6-16(7-4-15)29-13-20(21,22)23/h3-8,11H,9-10,12-13H2,1-2H3,(H3,24,25,26). The highest BCUT2D eigenvalue weighted by Gasteiger charge is 2.28. The summed E-state index contributed by atoms with van der Waals surface area (Å²) in [6.45, 7) is -0.439. The third-order valence-corrected chi connectivity index (χ3v) is 3.93. The van der Waals surface area contributed by atoms with E-state index in [-0.39, 0.29) is 11.7 Å². The summed E-state index contributed by atoms with van der Waals surface area (Å²) >= 11 is 0. The minimum absolute atomic E-state index is 0.149. The third-order valence-electron chi connectivity index (χ3n) is 3.93. The lowest BCUT2D eigenvalue weighted by atomic mass is 10.1. The summed E-state index contributed by atoms with van der Waals surface area (Å²) in [6.07, 6.45) is -3.65. The lowest BCUT2D eigenvalue weighted by Crippen LogP contribution is -2.33. The van der Waals surface area contributed by atoms with Crippen LogP contribution in [0.3, 0.4) is 0 Å². The van der Waals surface area contributed by atoms with Crippen LogP contribution in [0.5, 0.6) is 17.2 Å². The molecule has 0 aliphatic carbocycles. The zero-order valence-corrected chi connectivity index (χ0v) is 16.3. The largest absolute Gasteiger partial charge is 0.493 e. The molecule has 0 aromatic heterocycles. The Balaban J connectivity index is 1.78. The van der Waals surface area contributed by atoms with Crippen molar-refractivity contribution < 1.29 is 27.4 Å². The maximum absolute atomic E-state index is 12.1. The second-order valence-electron chi connectivity index (χ2n) is 6.12. The molecule has 0 saturated heterocycles. The molecule has 0 heterocycles. The van der Waals surface area contributed by atoms with Crippen LogP contribution in [0, 0.1) is 0 Å². The molecular formula is C20H24F3N3O3. The number of ether oxygens (including phenoxy) is 3. The molecule has 2 rings (SSSR count). The van der Waals surface area contributed by atoms with Crippen LogP contribution < -0.4 is 25.3 Å². The van der Waals surface area contributed by atoms with E-state index in [4.69, 9.17) is 15.2 Å². The predicted molar refractivity (Wildman–Crippen MR) is 105 cm³/mol. The number of nitrogens with zero attached hydrogens (tertiary/aromatic N) is 1. The van der Waals surface area contributed by atoms with Crippen molar-refractivity contribution in [3.8, 4) is 17.2 Å². The second-order valence-corrected chi connectivity index (χ2v) is 6.12. The number of alkyl halides is 3. The lowest BCUT2D eigenvalue weighted by Gasteiger charge is -2.10. The van der Waals surface area contributed by atoms with Gasteiger partial charge in [-0.05, 0) is 41.8 Å². The molecular weight excluding hydrogens is 387 g/mol. The molecule has 6 nitrogen and oxygen atoms in total. The number of hydrogen-bond donors (Lipinski definition) is 2. The first kappa shape index (κ1) is 22.2. The van der Waals surface area contributed by atoms with Gasteiger partial charge in [0.15, 0.2) is 24.1 Å². The normalized spacial score (nSPS) is 11.8. The molecule has 0 radical (unpaired) electrons. The van der Waals surface area contributed by atoms with Gasteiger partial charge in [-0.2, -0.15) is 13.2 Å². The van der Waals surface area contributed by atoms with Gasteiger partial charge in [0, 0.05) is 6.54 Å². The molecule has 0 amide bonds. The molecule has 0 aliphatic heterocycles. The van der Waals surface area contributed by atoms with Gasteiger partial charge in [0.2, 0.25) is 0 Å². The van der Waals surface area contributed by atoms with Gasteiger partial charge in [-0.25, -0.2) is 4.99 Å². The third kappa shape index (κ3) is 7.81. The summed E-state index contributed by atoms with van der Waals surface area (Å²) in [5, 5.41) is 3.02. The van der Waals surface area contributed by atoms with Gasteiger partial charge >= 0.3 is 6.18 Å². The van der Waals surface area contributed by atoms with Crippen molar-refractivity contribution in [2.24, 2.45) is 10.7 Å². The quantitative estimate of drug-likeness (QED) is 0.489. The Bertz CT molecular complexity index is 809. The highest BCUT2D eigenvalue weighted by molar-refractivity contribution is 5.77. The summed E-state index contributed by atoms with van der Waals surface area (Å²) in [5.41, 5.74) is 7.71. The van der Waals surface area contributed by atoms with Crippen LogP contribution in [-0.2, 0) is 13.0 Å². The van der Waals surface area contributed by atoms with Crippen molar-refractivity contribution in [3.05, 3.63) is 53.6 Å². The smallest absolute Gasteiger partial charge is 0.422 e. The van der Waals surface area contributed by atoms with Crippen molar-refractivity contribution in [2.45, 2.75) is 19.1 Å². The Labute approximate surface area is 167 Å². The van der Waals surface area contributed by atoms with Gasteiger partial charge in [0.25, 0.3) is 0 Å². The molecule has 0 atom stereocenters. The maximum Gasteiger partial charge on any atom is 0.422 e. The molecule has 0 aliphatic rings. The Morgan fingerprint density at radius 2 is 1.66 bits per heavy atom. The molecule has 158 valence electrons. The Morgan fingerprint density at radius 3 is 2.28 bits per heavy atom. The summed E-state index contributed by atoms with van der Waals surface area (Å²) < 4.78 is 51.6. The molecule has 2 aromatic carbocycles. The van der Waals surface area contributed by atoms with E-state index in [1.54, 1.807) is 26.4 Å². The van der Waals surface area contributed by atoms with Crippen LogP contribution >= 0.6 is 0 Å². The van der Waals surface area contributed by atoms with Crippen molar-refractivity contribution in [3.63, 3.8) is 0 Å². The average Bonchev–Trinajstić information content (AvgIpc) is 2.70. The summed E-state index contributed by atoms with van der Waals surface area (Å²) in [6, 6.07) is 11.9. The molecule has 0 spiro atoms. The SMILES string of the molecule is COc1ccc(CCNC(N)=NCc2ccc(OCC(F)(F)F)cc2)cc1OC. The first-order valence-electron chi connectivity index (χ1n) is 8.84. The minimum atomic E-state index is -4.36. The number of rotatable bonds is 9. The first-order valence-corrected chi connectivity index (χ1v) is 8.84. The number of aliphatic imine (C=N–C) groups is 1. The van der Waals surface area contributed by atoms with Crippen LogP contribution in [0.2, 0.25) is 0 Å². The number of nitrogens with one attached hydrogen (secondary N) is 1. The van der Waals surface area contributed by atoms with E-state index in [1.807, 2.05) is 18.2 Å². The van der Waals surface area contributed by atoms with Crippen molar-refractivity contribution in [1.29, 1.82) is 0 Å². The number of halogens is 3. The zero-order valence-electron chi connectivity index (χ0n) is 16.3. The van der Waals surface area contributed by atoms with Gasteiger partial charge in [-0.1, -0.05) is 18.2 Å². The van der Waals surface area contributed by atoms with E-state index in [0.29, 0.717) is 31.0 Å². The summed E-state index contributed by atoms with van der Waals surface area (Å²) in [4.78, 5) is 4.22. The van der Waals surface area contributed by atoms with Crippen molar-refractivity contribution in [1.82, 2.24) is 5.32 Å². The van der Waals surface area contributed by atoms with Gasteiger partial charge in [-0.15, -0.1) is 0 Å². The molecule has 9 heteroatoms. The minimum Gasteiger partial charge on any atom is -0.493 e. The average molecular weight is 411 g/mol. The molecule has 0 fully saturated rings. The second kappa shape index (κ2) is 10.4. The monoisotopic (exact) mass is 411 g/mol. The fourth-order valence-corrected chi connectivity index (χ4v) is 2.46. The summed E-state index contributed by atoms with van der Waals surface area (Å²) in [5.74, 6) is 1.76. The number of hydrogen-bond acceptors (Lipinski definition) is 4. The molecule has 0 bridgehead atoms. The topological polar surface area (TPSA) is 78.1 Å². The lowest BCUT2D eigenvalue weighted by molar-refractivity contribution is -0.153. The highest BCUT2D eigenvalue weighted by atomic mass is 19.4. The Hall–Kier alpha value is -3.10. The van der Waals surface area contributed by atoms with Crippen LogP contribution in [0.25, 0.3) is 0 Å². The van der Waals surface area contributed by atoms with E-state index >= 15 is 0 Å². The van der Waals surface area contributed by atoms with E-state index in [2.05, 4.69) is 15.0 Å². The molecule has 29 heavy (non-hydrogen) atoms. The zero-order chi connectivity index (χ0) is 21.3. The maximum atomic E-state index is 12.1. The van der Waals surface area contributed by atoms with E-state index in [0.717, 1.165) is 11.1 Å². The Kier molecular flexibility index (Phi) is 7.99. The van der Waals surface area contributed by atoms with Crippen LogP contribution in [-0.4, -0.2) is 39.5 Å². The fourth-order valence-electron chi connectivity index (χ4n) is 2.46. The molecule has 0 saturated carbocycles. The predicted octanol–water partition coefficient (Wildman–Crippen LogP) is 3.29. The number of nitrogens with two attached hydrogens (primary N) is 1. The fraction of sp³-hybridized carbons (Fsp3) is 0.350. The van der Waals surface area contributed by atoms with Crippen molar-refractivity contribution in [2.75, 3.05) is 27.4 Å². The van der Waals surface area contributed by atoms with Crippen LogP contribution in [0.15, 0.2) is 47.5 Å². The summed E-state index contributed by atoms with van der Waals surface area (Å²) in [7, 11) is 3.17.